The van der Waals surface area contributed by atoms with Gasteiger partial charge in [0.2, 0.25) is 0 Å². The molecule has 17 heavy (non-hydrogen) atoms. The van der Waals surface area contributed by atoms with E-state index in [1.54, 1.807) is 6.20 Å². The van der Waals surface area contributed by atoms with Crippen molar-refractivity contribution in [3.8, 4) is 0 Å². The fourth-order valence-corrected chi connectivity index (χ4v) is 1.88. The number of nitrogens with one attached hydrogen (secondary N) is 1. The van der Waals surface area contributed by atoms with E-state index in [1.165, 1.54) is 10.8 Å². The minimum atomic E-state index is -0.441. The van der Waals surface area contributed by atoms with Crippen molar-refractivity contribution in [2.24, 2.45) is 0 Å². The third kappa shape index (κ3) is 2.38. The van der Waals surface area contributed by atoms with Crippen molar-refractivity contribution >= 4 is 15.9 Å². The summed E-state index contributed by atoms with van der Waals surface area (Å²) < 4.78 is 3.66. The van der Waals surface area contributed by atoms with Gasteiger partial charge in [-0.15, -0.1) is 0 Å². The molecule has 0 spiro atoms. The maximum atomic E-state index is 11.6. The molecule has 0 radical (unpaired) electrons. The van der Waals surface area contributed by atoms with Crippen LogP contribution in [-0.2, 0) is 13.1 Å². The molecule has 0 amide bonds. The first-order valence-electron chi connectivity index (χ1n) is 5.11. The van der Waals surface area contributed by atoms with Crippen molar-refractivity contribution < 1.29 is 0 Å². The summed E-state index contributed by atoms with van der Waals surface area (Å²) in [4.78, 5) is 29.1. The number of hydrogen-bond acceptors (Lipinski definition) is 3. The lowest BCUT2D eigenvalue weighted by molar-refractivity contribution is 0.624. The second-order valence-electron chi connectivity index (χ2n) is 3.49. The van der Waals surface area contributed by atoms with Crippen LogP contribution in [0.5, 0.6) is 0 Å². The van der Waals surface area contributed by atoms with Gasteiger partial charge in [-0.2, -0.15) is 0 Å². The normalized spacial score (nSPS) is 10.7. The van der Waals surface area contributed by atoms with Crippen molar-refractivity contribution in [2.45, 2.75) is 20.0 Å². The minimum absolute atomic E-state index is 0.326. The Hall–Kier alpha value is -1.63. The highest BCUT2D eigenvalue weighted by Crippen LogP contribution is 2.02. The van der Waals surface area contributed by atoms with E-state index in [9.17, 15) is 9.59 Å². The van der Waals surface area contributed by atoms with Crippen LogP contribution >= 0.6 is 15.9 Å². The number of H-pyrrole nitrogens is 1. The van der Waals surface area contributed by atoms with E-state index in [1.807, 2.05) is 17.7 Å². The Morgan fingerprint density at radius 2 is 2.18 bits per heavy atom. The smallest absolute Gasteiger partial charge is 0.328 e. The average Bonchev–Trinajstić information content (AvgIpc) is 2.73. The van der Waals surface area contributed by atoms with Gasteiger partial charge in [-0.05, 0) is 22.9 Å². The molecule has 0 saturated heterocycles. The zero-order chi connectivity index (χ0) is 12.4. The molecule has 7 heteroatoms. The summed E-state index contributed by atoms with van der Waals surface area (Å²) in [6.45, 7) is 3.11. The van der Waals surface area contributed by atoms with Crippen LogP contribution in [-0.4, -0.2) is 19.1 Å². The van der Waals surface area contributed by atoms with Crippen LogP contribution in [0, 0.1) is 0 Å². The van der Waals surface area contributed by atoms with E-state index in [0.717, 1.165) is 12.4 Å². The van der Waals surface area contributed by atoms with Gasteiger partial charge in [-0.3, -0.25) is 14.3 Å². The highest BCUT2D eigenvalue weighted by molar-refractivity contribution is 9.10. The van der Waals surface area contributed by atoms with Gasteiger partial charge < -0.3 is 4.57 Å². The molecule has 0 aliphatic rings. The Morgan fingerprint density at radius 3 is 2.88 bits per heavy atom. The van der Waals surface area contributed by atoms with Gasteiger partial charge >= 0.3 is 5.69 Å². The Labute approximate surface area is 105 Å². The summed E-state index contributed by atoms with van der Waals surface area (Å²) in [6, 6.07) is 0. The molecule has 0 saturated carbocycles. The molecule has 90 valence electrons. The third-order valence-corrected chi connectivity index (χ3v) is 2.99. The highest BCUT2D eigenvalue weighted by atomic mass is 79.9. The molecule has 0 unspecified atom stereocenters. The standard InChI is InChI=1S/C10H11BrN4O2/c1-2-14-4-3-12-8(14)6-15-5-7(11)9(16)13-10(15)17/h3-5H,2,6H2,1H3,(H,13,16,17). The first-order chi connectivity index (χ1) is 8.11. The average molecular weight is 299 g/mol. The van der Waals surface area contributed by atoms with Crippen LogP contribution in [0.1, 0.15) is 12.7 Å². The molecule has 2 aromatic heterocycles. The molecular formula is C10H11BrN4O2. The maximum absolute atomic E-state index is 11.6. The maximum Gasteiger partial charge on any atom is 0.328 e. The first kappa shape index (κ1) is 11.8. The molecule has 2 heterocycles. The van der Waals surface area contributed by atoms with Crippen LogP contribution < -0.4 is 11.2 Å². The lowest BCUT2D eigenvalue weighted by Gasteiger charge is -2.07. The SMILES string of the molecule is CCn1ccnc1Cn1cc(Br)c(=O)[nH]c1=O. The third-order valence-electron chi connectivity index (χ3n) is 2.42. The van der Waals surface area contributed by atoms with E-state index in [4.69, 9.17) is 0 Å². The zero-order valence-corrected chi connectivity index (χ0v) is 10.8. The number of imidazole rings is 1. The van der Waals surface area contributed by atoms with E-state index in [0.29, 0.717) is 11.0 Å². The van der Waals surface area contributed by atoms with Gasteiger partial charge in [0.25, 0.3) is 5.56 Å². The summed E-state index contributed by atoms with van der Waals surface area (Å²) in [5.41, 5.74) is -0.867. The van der Waals surface area contributed by atoms with E-state index < -0.39 is 11.2 Å². The summed E-state index contributed by atoms with van der Waals surface area (Å²) in [7, 11) is 0. The number of halogens is 1. The summed E-state index contributed by atoms with van der Waals surface area (Å²) in [5.74, 6) is 0.772. The van der Waals surface area contributed by atoms with Crippen molar-refractivity contribution in [1.29, 1.82) is 0 Å². The minimum Gasteiger partial charge on any atom is -0.334 e. The van der Waals surface area contributed by atoms with Crippen LogP contribution in [0.25, 0.3) is 0 Å². The summed E-state index contributed by atoms with van der Waals surface area (Å²) in [6.07, 6.45) is 5.00. The van der Waals surface area contributed by atoms with Crippen LogP contribution in [0.4, 0.5) is 0 Å². The first-order valence-corrected chi connectivity index (χ1v) is 5.90. The number of aromatic amines is 1. The molecule has 2 aromatic rings. The predicted octanol–water partition coefficient (Wildman–Crippen LogP) is 0.564. The van der Waals surface area contributed by atoms with Crippen LogP contribution in [0.2, 0.25) is 0 Å². The fraction of sp³-hybridized carbons (Fsp3) is 0.300. The molecule has 0 atom stereocenters. The second kappa shape index (κ2) is 4.70. The molecular weight excluding hydrogens is 288 g/mol. The number of hydrogen-bond donors (Lipinski definition) is 1. The Morgan fingerprint density at radius 1 is 1.41 bits per heavy atom. The van der Waals surface area contributed by atoms with Gasteiger partial charge in [-0.1, -0.05) is 0 Å². The van der Waals surface area contributed by atoms with Crippen LogP contribution in [0.15, 0.2) is 32.7 Å². The predicted molar refractivity (Wildman–Crippen MR) is 66.0 cm³/mol. The lowest BCUT2D eigenvalue weighted by atomic mass is 10.5. The molecule has 0 bridgehead atoms. The summed E-state index contributed by atoms with van der Waals surface area (Å²) in [5, 5.41) is 0. The highest BCUT2D eigenvalue weighted by Gasteiger charge is 2.06. The molecule has 0 aromatic carbocycles. The topological polar surface area (TPSA) is 72.7 Å². The molecule has 0 aliphatic carbocycles. The number of aromatic nitrogens is 4. The van der Waals surface area contributed by atoms with Crippen molar-refractivity contribution in [2.75, 3.05) is 0 Å². The Bertz CT molecular complexity index is 640. The largest absolute Gasteiger partial charge is 0.334 e. The van der Waals surface area contributed by atoms with Gasteiger partial charge in [0.05, 0.1) is 11.0 Å². The quantitative estimate of drug-likeness (QED) is 0.900. The Kier molecular flexibility index (Phi) is 3.28. The number of rotatable bonds is 3. The fourth-order valence-electron chi connectivity index (χ4n) is 1.53. The Balaban J connectivity index is 2.40. The number of nitrogens with zero attached hydrogens (tertiary/aromatic N) is 3. The number of aryl methyl sites for hydroxylation is 1. The van der Waals surface area contributed by atoms with Gasteiger partial charge in [0.15, 0.2) is 0 Å². The van der Waals surface area contributed by atoms with Crippen molar-refractivity contribution in [3.63, 3.8) is 0 Å². The van der Waals surface area contributed by atoms with E-state index >= 15 is 0 Å². The van der Waals surface area contributed by atoms with Gasteiger partial charge in [-0.25, -0.2) is 9.78 Å². The molecule has 2 rings (SSSR count). The summed E-state index contributed by atoms with van der Waals surface area (Å²) >= 11 is 3.09. The van der Waals surface area contributed by atoms with E-state index in [2.05, 4.69) is 25.9 Å². The molecule has 1 N–H and O–H groups in total. The van der Waals surface area contributed by atoms with Crippen LogP contribution in [0.3, 0.4) is 0 Å². The van der Waals surface area contributed by atoms with E-state index in [-0.39, 0.29) is 0 Å². The molecule has 0 aliphatic heterocycles. The zero-order valence-electron chi connectivity index (χ0n) is 9.18. The lowest BCUT2D eigenvalue weighted by Crippen LogP contribution is -2.30. The molecule has 0 fully saturated rings. The second-order valence-corrected chi connectivity index (χ2v) is 4.35. The molecule has 6 nitrogen and oxygen atoms in total. The van der Waals surface area contributed by atoms with Crippen molar-refractivity contribution in [1.82, 2.24) is 19.1 Å². The monoisotopic (exact) mass is 298 g/mol. The van der Waals surface area contributed by atoms with Crippen molar-refractivity contribution in [3.05, 3.63) is 49.7 Å². The van der Waals surface area contributed by atoms with Gasteiger partial charge in [0.1, 0.15) is 5.82 Å². The van der Waals surface area contributed by atoms with Gasteiger partial charge in [0, 0.05) is 25.1 Å².